The van der Waals surface area contributed by atoms with Crippen LogP contribution in [0.2, 0.25) is 0 Å². The first-order valence-corrected chi connectivity index (χ1v) is 8.38. The minimum Gasteiger partial charge on any atom is -0.388 e. The monoisotopic (exact) mass is 409 g/mol. The summed E-state index contributed by atoms with van der Waals surface area (Å²) in [6, 6.07) is 0.544. The lowest BCUT2D eigenvalue weighted by atomic mass is 9.87. The van der Waals surface area contributed by atoms with Crippen LogP contribution >= 0.6 is 24.0 Å². The lowest BCUT2D eigenvalue weighted by Crippen LogP contribution is -2.45. The second kappa shape index (κ2) is 9.18. The summed E-state index contributed by atoms with van der Waals surface area (Å²) in [4.78, 5) is 4.62. The van der Waals surface area contributed by atoms with Gasteiger partial charge in [-0.05, 0) is 51.4 Å². The maximum absolute atomic E-state index is 10.4. The van der Waals surface area contributed by atoms with Gasteiger partial charge in [-0.15, -0.1) is 24.0 Å². The number of aliphatic hydroxyl groups is 1. The quantitative estimate of drug-likeness (QED) is 0.380. The SMILES string of the molecule is CCNC(=NCC1(O)CCCC1)NC1CCC(C)CC1.I. The van der Waals surface area contributed by atoms with Crippen molar-refractivity contribution in [2.75, 3.05) is 13.1 Å². The maximum atomic E-state index is 10.4. The van der Waals surface area contributed by atoms with Crippen molar-refractivity contribution < 1.29 is 5.11 Å². The van der Waals surface area contributed by atoms with Gasteiger partial charge in [-0.1, -0.05) is 19.8 Å². The van der Waals surface area contributed by atoms with E-state index in [1.807, 2.05) is 0 Å². The molecule has 0 amide bonds. The Morgan fingerprint density at radius 3 is 2.38 bits per heavy atom. The summed E-state index contributed by atoms with van der Waals surface area (Å²) in [6.45, 7) is 5.83. The van der Waals surface area contributed by atoms with Gasteiger partial charge in [0.05, 0.1) is 12.1 Å². The van der Waals surface area contributed by atoms with E-state index in [1.165, 1.54) is 25.7 Å². The van der Waals surface area contributed by atoms with Crippen LogP contribution in [0.25, 0.3) is 0 Å². The lowest BCUT2D eigenvalue weighted by Gasteiger charge is -2.29. The highest BCUT2D eigenvalue weighted by molar-refractivity contribution is 14.0. The van der Waals surface area contributed by atoms with Crippen LogP contribution in [0.3, 0.4) is 0 Å². The van der Waals surface area contributed by atoms with Gasteiger partial charge in [0.15, 0.2) is 5.96 Å². The number of nitrogens with zero attached hydrogens (tertiary/aromatic N) is 1. The molecule has 21 heavy (non-hydrogen) atoms. The Hall–Kier alpha value is -0.0400. The smallest absolute Gasteiger partial charge is 0.191 e. The van der Waals surface area contributed by atoms with Crippen molar-refractivity contribution >= 4 is 29.9 Å². The standard InChI is InChI=1S/C16H31N3O.HI/c1-3-17-15(18-12-16(20)10-4-5-11-16)19-14-8-6-13(2)7-9-14;/h13-14,20H,3-12H2,1-2H3,(H2,17,18,19);1H. The van der Waals surface area contributed by atoms with E-state index < -0.39 is 5.60 Å². The van der Waals surface area contributed by atoms with Gasteiger partial charge < -0.3 is 15.7 Å². The molecule has 0 unspecified atom stereocenters. The van der Waals surface area contributed by atoms with E-state index in [4.69, 9.17) is 0 Å². The molecule has 2 aliphatic rings. The van der Waals surface area contributed by atoms with Gasteiger partial charge in [-0.2, -0.15) is 0 Å². The molecular formula is C16H32IN3O. The molecule has 0 radical (unpaired) electrons. The molecule has 2 aliphatic carbocycles. The summed E-state index contributed by atoms with van der Waals surface area (Å²) in [5.74, 6) is 1.75. The molecule has 4 nitrogen and oxygen atoms in total. The molecule has 0 bridgehead atoms. The molecule has 2 fully saturated rings. The molecule has 0 aromatic rings. The van der Waals surface area contributed by atoms with E-state index in [9.17, 15) is 5.11 Å². The number of aliphatic imine (C=N–C) groups is 1. The average Bonchev–Trinajstić information content (AvgIpc) is 2.86. The van der Waals surface area contributed by atoms with Crippen LogP contribution in [-0.4, -0.2) is 35.8 Å². The van der Waals surface area contributed by atoms with Crippen LogP contribution in [0.1, 0.15) is 65.2 Å². The molecule has 0 atom stereocenters. The maximum Gasteiger partial charge on any atom is 0.191 e. The van der Waals surface area contributed by atoms with Crippen molar-refractivity contribution in [2.24, 2.45) is 10.9 Å². The molecule has 124 valence electrons. The zero-order chi connectivity index (χ0) is 14.4. The van der Waals surface area contributed by atoms with Crippen molar-refractivity contribution in [2.45, 2.75) is 76.9 Å². The molecule has 0 heterocycles. The number of guanidine groups is 1. The van der Waals surface area contributed by atoms with Crippen molar-refractivity contribution in [1.82, 2.24) is 10.6 Å². The van der Waals surface area contributed by atoms with Gasteiger partial charge >= 0.3 is 0 Å². The molecular weight excluding hydrogens is 377 g/mol. The van der Waals surface area contributed by atoms with Gasteiger partial charge in [-0.3, -0.25) is 4.99 Å². The van der Waals surface area contributed by atoms with E-state index in [2.05, 4.69) is 29.5 Å². The van der Waals surface area contributed by atoms with Crippen LogP contribution in [-0.2, 0) is 0 Å². The minimum atomic E-state index is -0.552. The number of halogens is 1. The summed E-state index contributed by atoms with van der Waals surface area (Å²) in [5, 5.41) is 17.2. The molecule has 0 spiro atoms. The van der Waals surface area contributed by atoms with Gasteiger partial charge in [0.2, 0.25) is 0 Å². The molecule has 5 heteroatoms. The number of hydrogen-bond donors (Lipinski definition) is 3. The van der Waals surface area contributed by atoms with E-state index >= 15 is 0 Å². The second-order valence-corrected chi connectivity index (χ2v) is 6.73. The summed E-state index contributed by atoms with van der Waals surface area (Å²) >= 11 is 0. The lowest BCUT2D eigenvalue weighted by molar-refractivity contribution is 0.0574. The van der Waals surface area contributed by atoms with Gasteiger partial charge in [0.25, 0.3) is 0 Å². The third kappa shape index (κ3) is 6.30. The predicted molar refractivity (Wildman–Crippen MR) is 99.4 cm³/mol. The molecule has 2 saturated carbocycles. The average molecular weight is 409 g/mol. The third-order valence-corrected chi connectivity index (χ3v) is 4.77. The summed E-state index contributed by atoms with van der Waals surface area (Å²) in [6.07, 6.45) is 9.15. The van der Waals surface area contributed by atoms with E-state index in [1.54, 1.807) is 0 Å². The Kier molecular flexibility index (Phi) is 8.31. The van der Waals surface area contributed by atoms with E-state index in [0.29, 0.717) is 12.6 Å². The molecule has 2 rings (SSSR count). The van der Waals surface area contributed by atoms with Crippen molar-refractivity contribution in [1.29, 1.82) is 0 Å². The fourth-order valence-corrected chi connectivity index (χ4v) is 3.34. The fourth-order valence-electron chi connectivity index (χ4n) is 3.34. The van der Waals surface area contributed by atoms with Gasteiger partial charge in [-0.25, -0.2) is 0 Å². The predicted octanol–water partition coefficient (Wildman–Crippen LogP) is 3.04. The Morgan fingerprint density at radius 1 is 1.19 bits per heavy atom. The molecule has 0 aromatic carbocycles. The highest BCUT2D eigenvalue weighted by Gasteiger charge is 2.31. The first-order valence-electron chi connectivity index (χ1n) is 8.38. The first-order chi connectivity index (χ1) is 9.61. The Labute approximate surface area is 146 Å². The zero-order valence-corrected chi connectivity index (χ0v) is 15.9. The normalized spacial score (nSPS) is 28.8. The molecule has 0 aromatic heterocycles. The molecule has 3 N–H and O–H groups in total. The fraction of sp³-hybridized carbons (Fsp3) is 0.938. The van der Waals surface area contributed by atoms with E-state index in [-0.39, 0.29) is 24.0 Å². The highest BCUT2D eigenvalue weighted by atomic mass is 127. The van der Waals surface area contributed by atoms with Crippen molar-refractivity contribution in [3.63, 3.8) is 0 Å². The molecule has 0 saturated heterocycles. The third-order valence-electron chi connectivity index (χ3n) is 4.77. The summed E-state index contributed by atoms with van der Waals surface area (Å²) in [7, 11) is 0. The van der Waals surface area contributed by atoms with Crippen LogP contribution in [0, 0.1) is 5.92 Å². The largest absolute Gasteiger partial charge is 0.388 e. The Balaban J connectivity index is 0.00000220. The minimum absolute atomic E-state index is 0. The second-order valence-electron chi connectivity index (χ2n) is 6.73. The number of nitrogens with one attached hydrogen (secondary N) is 2. The Bertz CT molecular complexity index is 321. The van der Waals surface area contributed by atoms with Crippen LogP contribution in [0.15, 0.2) is 4.99 Å². The highest BCUT2D eigenvalue weighted by Crippen LogP contribution is 2.29. The number of hydrogen-bond acceptors (Lipinski definition) is 2. The van der Waals surface area contributed by atoms with Crippen LogP contribution in [0.4, 0.5) is 0 Å². The Morgan fingerprint density at radius 2 is 1.81 bits per heavy atom. The van der Waals surface area contributed by atoms with Crippen LogP contribution < -0.4 is 10.6 Å². The van der Waals surface area contributed by atoms with Crippen molar-refractivity contribution in [3.05, 3.63) is 0 Å². The topological polar surface area (TPSA) is 56.7 Å². The summed E-state index contributed by atoms with van der Waals surface area (Å²) in [5.41, 5.74) is -0.552. The molecule has 0 aliphatic heterocycles. The first kappa shape index (κ1) is 19.0. The van der Waals surface area contributed by atoms with Gasteiger partial charge in [0, 0.05) is 12.6 Å². The van der Waals surface area contributed by atoms with Gasteiger partial charge in [0.1, 0.15) is 0 Å². The van der Waals surface area contributed by atoms with E-state index in [0.717, 1.165) is 44.1 Å². The zero-order valence-electron chi connectivity index (χ0n) is 13.5. The summed E-state index contributed by atoms with van der Waals surface area (Å²) < 4.78 is 0. The number of rotatable bonds is 4. The van der Waals surface area contributed by atoms with Crippen molar-refractivity contribution in [3.8, 4) is 0 Å². The van der Waals surface area contributed by atoms with Crippen LogP contribution in [0.5, 0.6) is 0 Å².